The first kappa shape index (κ1) is 8.84. The van der Waals surface area contributed by atoms with Gasteiger partial charge in [0.05, 0.1) is 5.92 Å². The Bertz CT molecular complexity index is 241. The Hall–Kier alpha value is -1.25. The number of carbonyl (C=O) groups is 1. The number of aromatic nitrogens is 1. The van der Waals surface area contributed by atoms with E-state index in [4.69, 9.17) is 5.11 Å². The maximum absolute atomic E-state index is 10.4. The number of carboxylic acid groups (broad SMARTS) is 1. The Morgan fingerprint density at radius 1 is 1.50 bits per heavy atom. The minimum atomic E-state index is -0.720. The van der Waals surface area contributed by atoms with E-state index < -0.39 is 5.97 Å². The number of hydrogen-bond acceptors (Lipinski definition) is 1. The summed E-state index contributed by atoms with van der Waals surface area (Å²) in [5.41, 5.74) is 0. The summed E-state index contributed by atoms with van der Waals surface area (Å²) < 4.78 is 1.99. The number of rotatable bonds is 4. The van der Waals surface area contributed by atoms with Gasteiger partial charge in [-0.05, 0) is 18.6 Å². The van der Waals surface area contributed by atoms with Crippen molar-refractivity contribution < 1.29 is 9.90 Å². The molecule has 1 aromatic heterocycles. The Balaban J connectivity index is 2.31. The van der Waals surface area contributed by atoms with Crippen molar-refractivity contribution in [2.45, 2.75) is 19.9 Å². The summed E-state index contributed by atoms with van der Waals surface area (Å²) in [6.45, 7) is 2.51. The second kappa shape index (κ2) is 3.95. The van der Waals surface area contributed by atoms with E-state index >= 15 is 0 Å². The second-order valence-electron chi connectivity index (χ2n) is 2.95. The van der Waals surface area contributed by atoms with E-state index in [0.717, 1.165) is 6.54 Å². The lowest BCUT2D eigenvalue weighted by atomic mass is 10.1. The van der Waals surface area contributed by atoms with Gasteiger partial charge in [0.25, 0.3) is 0 Å². The lowest BCUT2D eigenvalue weighted by Crippen LogP contribution is -2.11. The van der Waals surface area contributed by atoms with Crippen LogP contribution in [0, 0.1) is 5.92 Å². The van der Waals surface area contributed by atoms with Crippen LogP contribution in [-0.2, 0) is 11.3 Å². The van der Waals surface area contributed by atoms with Gasteiger partial charge in [0.1, 0.15) is 0 Å². The zero-order valence-corrected chi connectivity index (χ0v) is 7.10. The normalized spacial score (nSPS) is 12.8. The molecule has 66 valence electrons. The Labute approximate surface area is 71.6 Å². The third kappa shape index (κ3) is 2.42. The molecular weight excluding hydrogens is 154 g/mol. The molecule has 3 nitrogen and oxygen atoms in total. The van der Waals surface area contributed by atoms with Gasteiger partial charge in [0.15, 0.2) is 0 Å². The molecule has 0 aliphatic carbocycles. The monoisotopic (exact) mass is 167 g/mol. The summed E-state index contributed by atoms with van der Waals surface area (Å²) in [5, 5.41) is 8.60. The van der Waals surface area contributed by atoms with Crippen molar-refractivity contribution >= 4 is 5.97 Å². The molecule has 1 atom stereocenters. The van der Waals surface area contributed by atoms with Crippen LogP contribution >= 0.6 is 0 Å². The van der Waals surface area contributed by atoms with Gasteiger partial charge in [-0.25, -0.2) is 0 Å². The lowest BCUT2D eigenvalue weighted by molar-refractivity contribution is -0.141. The van der Waals surface area contributed by atoms with E-state index in [1.165, 1.54) is 0 Å². The topological polar surface area (TPSA) is 42.2 Å². The molecule has 1 rings (SSSR count). The molecule has 0 aliphatic heterocycles. The second-order valence-corrected chi connectivity index (χ2v) is 2.95. The van der Waals surface area contributed by atoms with Gasteiger partial charge >= 0.3 is 5.97 Å². The zero-order chi connectivity index (χ0) is 8.97. The van der Waals surface area contributed by atoms with Crippen molar-refractivity contribution in [3.05, 3.63) is 24.5 Å². The van der Waals surface area contributed by atoms with Crippen molar-refractivity contribution in [3.8, 4) is 0 Å². The molecule has 0 aromatic carbocycles. The summed E-state index contributed by atoms with van der Waals surface area (Å²) >= 11 is 0. The average Bonchev–Trinajstić information content (AvgIpc) is 2.51. The summed E-state index contributed by atoms with van der Waals surface area (Å²) in [5.74, 6) is -0.977. The lowest BCUT2D eigenvalue weighted by Gasteiger charge is -2.06. The number of hydrogen-bond donors (Lipinski definition) is 1. The fourth-order valence-corrected chi connectivity index (χ4v) is 0.985. The number of carboxylic acids is 1. The predicted molar refractivity (Wildman–Crippen MR) is 45.8 cm³/mol. The average molecular weight is 167 g/mol. The molecule has 1 unspecified atom stereocenters. The summed E-state index contributed by atoms with van der Waals surface area (Å²) in [4.78, 5) is 10.4. The van der Waals surface area contributed by atoms with E-state index in [1.807, 2.05) is 29.1 Å². The van der Waals surface area contributed by atoms with Gasteiger partial charge in [-0.3, -0.25) is 4.79 Å². The highest BCUT2D eigenvalue weighted by Gasteiger charge is 2.09. The maximum Gasteiger partial charge on any atom is 0.306 e. The fourth-order valence-electron chi connectivity index (χ4n) is 0.985. The van der Waals surface area contributed by atoms with Crippen LogP contribution in [0.25, 0.3) is 0 Å². The predicted octanol–water partition coefficient (Wildman–Crippen LogP) is 1.60. The van der Waals surface area contributed by atoms with E-state index in [0.29, 0.717) is 6.42 Å². The molecule has 1 aromatic rings. The van der Waals surface area contributed by atoms with Gasteiger partial charge in [-0.2, -0.15) is 0 Å². The van der Waals surface area contributed by atoms with E-state index in [1.54, 1.807) is 6.92 Å². The molecule has 1 heterocycles. The smallest absolute Gasteiger partial charge is 0.306 e. The molecule has 0 saturated carbocycles. The third-order valence-electron chi connectivity index (χ3n) is 1.91. The van der Waals surface area contributed by atoms with Crippen LogP contribution in [0.15, 0.2) is 24.5 Å². The fraction of sp³-hybridized carbons (Fsp3) is 0.444. The van der Waals surface area contributed by atoms with Crippen molar-refractivity contribution in [3.63, 3.8) is 0 Å². The van der Waals surface area contributed by atoms with E-state index in [9.17, 15) is 4.79 Å². The molecule has 0 spiro atoms. The third-order valence-corrected chi connectivity index (χ3v) is 1.91. The largest absolute Gasteiger partial charge is 0.481 e. The highest BCUT2D eigenvalue weighted by atomic mass is 16.4. The Morgan fingerprint density at radius 2 is 2.08 bits per heavy atom. The van der Waals surface area contributed by atoms with Crippen molar-refractivity contribution in [2.75, 3.05) is 0 Å². The van der Waals surface area contributed by atoms with Crippen LogP contribution in [0.5, 0.6) is 0 Å². The van der Waals surface area contributed by atoms with E-state index in [2.05, 4.69) is 0 Å². The van der Waals surface area contributed by atoms with Crippen LogP contribution in [0.3, 0.4) is 0 Å². The van der Waals surface area contributed by atoms with Crippen LogP contribution in [-0.4, -0.2) is 15.6 Å². The molecule has 12 heavy (non-hydrogen) atoms. The number of aryl methyl sites for hydroxylation is 1. The standard InChI is InChI=1S/C9H13NO2/c1-8(9(11)12)4-7-10-5-2-3-6-10/h2-3,5-6,8H,4,7H2,1H3,(H,11,12). The molecule has 0 saturated heterocycles. The van der Waals surface area contributed by atoms with Crippen LogP contribution < -0.4 is 0 Å². The summed E-state index contributed by atoms with van der Waals surface area (Å²) in [6, 6.07) is 3.87. The first-order chi connectivity index (χ1) is 5.70. The maximum atomic E-state index is 10.4. The first-order valence-corrected chi connectivity index (χ1v) is 4.03. The molecular formula is C9H13NO2. The molecule has 0 bridgehead atoms. The quantitative estimate of drug-likeness (QED) is 0.740. The molecule has 0 amide bonds. The van der Waals surface area contributed by atoms with Gasteiger partial charge < -0.3 is 9.67 Å². The Morgan fingerprint density at radius 3 is 2.58 bits per heavy atom. The van der Waals surface area contributed by atoms with Crippen molar-refractivity contribution in [1.29, 1.82) is 0 Å². The van der Waals surface area contributed by atoms with Crippen LogP contribution in [0.1, 0.15) is 13.3 Å². The summed E-state index contributed by atoms with van der Waals surface area (Å²) in [6.07, 6.45) is 4.56. The van der Waals surface area contributed by atoms with Gasteiger partial charge in [0, 0.05) is 18.9 Å². The molecule has 0 fully saturated rings. The molecule has 3 heteroatoms. The SMILES string of the molecule is CC(CCn1cccc1)C(=O)O. The number of aliphatic carboxylic acids is 1. The summed E-state index contributed by atoms with van der Waals surface area (Å²) in [7, 11) is 0. The van der Waals surface area contributed by atoms with Crippen molar-refractivity contribution in [2.24, 2.45) is 5.92 Å². The first-order valence-electron chi connectivity index (χ1n) is 4.03. The zero-order valence-electron chi connectivity index (χ0n) is 7.10. The van der Waals surface area contributed by atoms with E-state index in [-0.39, 0.29) is 5.92 Å². The van der Waals surface area contributed by atoms with Crippen molar-refractivity contribution in [1.82, 2.24) is 4.57 Å². The Kier molecular flexibility index (Phi) is 2.91. The minimum absolute atomic E-state index is 0.257. The molecule has 0 radical (unpaired) electrons. The van der Waals surface area contributed by atoms with Gasteiger partial charge in [-0.15, -0.1) is 0 Å². The molecule has 1 N–H and O–H groups in total. The van der Waals surface area contributed by atoms with Crippen LogP contribution in [0.2, 0.25) is 0 Å². The molecule has 0 aliphatic rings. The van der Waals surface area contributed by atoms with Crippen LogP contribution in [0.4, 0.5) is 0 Å². The number of nitrogens with zero attached hydrogens (tertiary/aromatic N) is 1. The van der Waals surface area contributed by atoms with Gasteiger partial charge in [0.2, 0.25) is 0 Å². The van der Waals surface area contributed by atoms with Gasteiger partial charge in [-0.1, -0.05) is 6.92 Å². The highest BCUT2D eigenvalue weighted by molar-refractivity contribution is 5.69. The highest BCUT2D eigenvalue weighted by Crippen LogP contribution is 2.04. The minimum Gasteiger partial charge on any atom is -0.481 e.